The van der Waals surface area contributed by atoms with Crippen molar-refractivity contribution in [1.29, 1.82) is 0 Å². The Morgan fingerprint density at radius 2 is 1.95 bits per heavy atom. The van der Waals surface area contributed by atoms with E-state index in [0.29, 0.717) is 0 Å². The molecule has 0 aliphatic rings. The number of nitrogens with zero attached hydrogens (tertiary/aromatic N) is 2. The van der Waals surface area contributed by atoms with Gasteiger partial charge in [-0.1, -0.05) is 0 Å². The summed E-state index contributed by atoms with van der Waals surface area (Å²) in [6.07, 6.45) is 3.22. The number of rotatable bonds is 11. The molecule has 0 radical (unpaired) electrons. The van der Waals surface area contributed by atoms with E-state index >= 15 is 0 Å². The van der Waals surface area contributed by atoms with Crippen LogP contribution in [-0.2, 0) is 4.74 Å². The standard InChI is InChI=1S/C15H34N4OS.HI/c1-7-16-14(18-13-15(2,3)21-6)17-9-8-10-19(4)11-12-20-5;/h7-13H2,1-6H3,(H2,16,17,18);1H. The number of thioether (sulfide) groups is 1. The monoisotopic (exact) mass is 446 g/mol. The molecule has 0 unspecified atom stereocenters. The highest BCUT2D eigenvalue weighted by Gasteiger charge is 2.15. The average Bonchev–Trinajstić information content (AvgIpc) is 2.46. The Balaban J connectivity index is 0. The molecule has 0 aliphatic heterocycles. The molecule has 0 aromatic rings. The van der Waals surface area contributed by atoms with Crippen LogP contribution in [0.15, 0.2) is 4.99 Å². The Labute approximate surface area is 158 Å². The van der Waals surface area contributed by atoms with Crippen LogP contribution in [0.1, 0.15) is 27.2 Å². The van der Waals surface area contributed by atoms with E-state index in [-0.39, 0.29) is 28.7 Å². The van der Waals surface area contributed by atoms with Crippen LogP contribution in [0.2, 0.25) is 0 Å². The second-order valence-electron chi connectivity index (χ2n) is 5.74. The zero-order valence-electron chi connectivity index (χ0n) is 15.1. The molecule has 0 heterocycles. The van der Waals surface area contributed by atoms with Gasteiger partial charge in [0.15, 0.2) is 5.96 Å². The van der Waals surface area contributed by atoms with Crippen molar-refractivity contribution in [1.82, 2.24) is 15.5 Å². The third-order valence-corrected chi connectivity index (χ3v) is 4.44. The van der Waals surface area contributed by atoms with Crippen LogP contribution in [0.5, 0.6) is 0 Å². The Hall–Kier alpha value is 0.270. The van der Waals surface area contributed by atoms with Gasteiger partial charge in [-0.25, -0.2) is 0 Å². The first kappa shape index (κ1) is 24.5. The number of nitrogens with one attached hydrogen (secondary N) is 2. The normalized spacial score (nSPS) is 12.2. The first-order chi connectivity index (χ1) is 9.95. The molecule has 0 aromatic heterocycles. The molecule has 0 amide bonds. The second kappa shape index (κ2) is 14.8. The van der Waals surface area contributed by atoms with E-state index < -0.39 is 0 Å². The molecule has 134 valence electrons. The Morgan fingerprint density at radius 1 is 1.27 bits per heavy atom. The lowest BCUT2D eigenvalue weighted by atomic mass is 10.2. The quantitative estimate of drug-likeness (QED) is 0.221. The molecule has 0 atom stereocenters. The highest BCUT2D eigenvalue weighted by Crippen LogP contribution is 2.20. The van der Waals surface area contributed by atoms with Crippen molar-refractivity contribution in [2.75, 3.05) is 59.7 Å². The number of hydrogen-bond acceptors (Lipinski definition) is 4. The topological polar surface area (TPSA) is 48.9 Å². The Morgan fingerprint density at radius 3 is 2.50 bits per heavy atom. The molecule has 0 aromatic carbocycles. The molecule has 7 heteroatoms. The minimum absolute atomic E-state index is 0. The summed E-state index contributed by atoms with van der Waals surface area (Å²) in [5.74, 6) is 0.916. The lowest BCUT2D eigenvalue weighted by Gasteiger charge is -2.20. The molecule has 0 spiro atoms. The van der Waals surface area contributed by atoms with E-state index in [1.165, 1.54) is 0 Å². The van der Waals surface area contributed by atoms with Crippen molar-refractivity contribution >= 4 is 41.7 Å². The minimum atomic E-state index is 0. The zero-order valence-corrected chi connectivity index (χ0v) is 18.2. The van der Waals surface area contributed by atoms with Crippen LogP contribution >= 0.6 is 35.7 Å². The van der Waals surface area contributed by atoms with Gasteiger partial charge in [0.2, 0.25) is 0 Å². The summed E-state index contributed by atoms with van der Waals surface area (Å²) in [4.78, 5) is 6.95. The maximum absolute atomic E-state index is 5.07. The number of likely N-dealkylation sites (N-methyl/N-ethyl adjacent to an activating group) is 1. The lowest BCUT2D eigenvalue weighted by Crippen LogP contribution is -2.39. The summed E-state index contributed by atoms with van der Waals surface area (Å²) >= 11 is 1.85. The first-order valence-electron chi connectivity index (χ1n) is 7.70. The van der Waals surface area contributed by atoms with Crippen molar-refractivity contribution in [2.45, 2.75) is 31.9 Å². The predicted molar refractivity (Wildman–Crippen MR) is 111 cm³/mol. The maximum atomic E-state index is 5.07. The number of guanidine groups is 1. The second-order valence-corrected chi connectivity index (χ2v) is 7.25. The highest BCUT2D eigenvalue weighted by atomic mass is 127. The van der Waals surface area contributed by atoms with Gasteiger partial charge in [-0.2, -0.15) is 11.8 Å². The van der Waals surface area contributed by atoms with Gasteiger partial charge in [-0.3, -0.25) is 4.99 Å². The Kier molecular flexibility index (Phi) is 16.5. The number of methoxy groups -OCH3 is 1. The van der Waals surface area contributed by atoms with Crippen molar-refractivity contribution in [3.05, 3.63) is 0 Å². The fourth-order valence-electron chi connectivity index (χ4n) is 1.59. The molecule has 5 nitrogen and oxygen atoms in total. The number of halogens is 1. The van der Waals surface area contributed by atoms with Crippen LogP contribution in [-0.4, -0.2) is 75.4 Å². The summed E-state index contributed by atoms with van der Waals surface area (Å²) in [5.41, 5.74) is 0. The van der Waals surface area contributed by atoms with Crippen LogP contribution < -0.4 is 10.6 Å². The molecule has 0 fully saturated rings. The van der Waals surface area contributed by atoms with E-state index in [2.05, 4.69) is 54.6 Å². The van der Waals surface area contributed by atoms with Gasteiger partial charge in [0.05, 0.1) is 13.2 Å². The first-order valence-corrected chi connectivity index (χ1v) is 8.92. The SMILES string of the molecule is CCNC(=NCC(C)(C)SC)NCCCN(C)CCOC.I. The molecular weight excluding hydrogens is 411 g/mol. The molecular formula is C15H35IN4OS. The van der Waals surface area contributed by atoms with Crippen molar-refractivity contribution in [3.63, 3.8) is 0 Å². The highest BCUT2D eigenvalue weighted by molar-refractivity contribution is 14.0. The molecule has 0 saturated carbocycles. The van der Waals surface area contributed by atoms with Crippen LogP contribution in [0.4, 0.5) is 0 Å². The van der Waals surface area contributed by atoms with E-state index in [1.807, 2.05) is 11.8 Å². The predicted octanol–water partition coefficient (Wildman–Crippen LogP) is 2.27. The summed E-state index contributed by atoms with van der Waals surface area (Å²) in [6, 6.07) is 0. The van der Waals surface area contributed by atoms with Gasteiger partial charge in [0.25, 0.3) is 0 Å². The van der Waals surface area contributed by atoms with Gasteiger partial charge in [-0.05, 0) is 47.0 Å². The summed E-state index contributed by atoms with van der Waals surface area (Å²) < 4.78 is 5.26. The van der Waals surface area contributed by atoms with Crippen LogP contribution in [0.3, 0.4) is 0 Å². The van der Waals surface area contributed by atoms with Crippen LogP contribution in [0, 0.1) is 0 Å². The number of hydrogen-bond donors (Lipinski definition) is 2. The fourth-order valence-corrected chi connectivity index (χ4v) is 1.78. The molecule has 0 aliphatic carbocycles. The molecule has 0 bridgehead atoms. The average molecular weight is 446 g/mol. The summed E-state index contributed by atoms with van der Waals surface area (Å²) in [7, 11) is 3.87. The third kappa shape index (κ3) is 13.9. The minimum Gasteiger partial charge on any atom is -0.383 e. The van der Waals surface area contributed by atoms with E-state index in [0.717, 1.165) is 51.7 Å². The Bertz CT molecular complexity index is 291. The van der Waals surface area contributed by atoms with Crippen molar-refractivity contribution in [2.24, 2.45) is 4.99 Å². The van der Waals surface area contributed by atoms with E-state index in [9.17, 15) is 0 Å². The number of ether oxygens (including phenoxy) is 1. The zero-order chi connectivity index (χ0) is 16.1. The summed E-state index contributed by atoms with van der Waals surface area (Å²) in [5, 5.41) is 6.70. The lowest BCUT2D eigenvalue weighted by molar-refractivity contribution is 0.161. The smallest absolute Gasteiger partial charge is 0.191 e. The number of aliphatic imine (C=N–C) groups is 1. The van der Waals surface area contributed by atoms with Crippen LogP contribution in [0.25, 0.3) is 0 Å². The molecule has 0 saturated heterocycles. The molecule has 22 heavy (non-hydrogen) atoms. The van der Waals surface area contributed by atoms with Gasteiger partial charge in [-0.15, -0.1) is 24.0 Å². The van der Waals surface area contributed by atoms with E-state index in [4.69, 9.17) is 4.74 Å². The third-order valence-electron chi connectivity index (χ3n) is 3.20. The van der Waals surface area contributed by atoms with Gasteiger partial charge in [0.1, 0.15) is 0 Å². The van der Waals surface area contributed by atoms with Gasteiger partial charge >= 0.3 is 0 Å². The fraction of sp³-hybridized carbons (Fsp3) is 0.933. The molecule has 0 rings (SSSR count). The van der Waals surface area contributed by atoms with Crippen molar-refractivity contribution < 1.29 is 4.74 Å². The van der Waals surface area contributed by atoms with E-state index in [1.54, 1.807) is 7.11 Å². The summed E-state index contributed by atoms with van der Waals surface area (Å²) in [6.45, 7) is 12.0. The van der Waals surface area contributed by atoms with Crippen molar-refractivity contribution in [3.8, 4) is 0 Å². The molecule has 2 N–H and O–H groups in total. The maximum Gasteiger partial charge on any atom is 0.191 e. The largest absolute Gasteiger partial charge is 0.383 e. The van der Waals surface area contributed by atoms with Gasteiger partial charge in [0, 0.05) is 31.5 Å². The van der Waals surface area contributed by atoms with Gasteiger partial charge < -0.3 is 20.3 Å².